The predicted octanol–water partition coefficient (Wildman–Crippen LogP) is -4.64. The summed E-state index contributed by atoms with van der Waals surface area (Å²) in [5, 5.41) is 4.64. The van der Waals surface area contributed by atoms with Crippen LogP contribution < -0.4 is 46.2 Å². The van der Waals surface area contributed by atoms with Gasteiger partial charge in [0, 0.05) is 12.1 Å². The standard InChI is InChI=1S/C16H20N4O2.2ClH/c1-3-22-16(21)19-13-7-8-14(20-15(13)17)18-10-12-6-4-5-11(2)9-12;;/h4-9H,3,10H2,1-2H3,(H,19,21)(H3,17,18,20);2*1H. The molecule has 0 spiro atoms. The van der Waals surface area contributed by atoms with E-state index < -0.39 is 6.09 Å². The molecule has 1 heterocycles. The van der Waals surface area contributed by atoms with Crippen molar-refractivity contribution in [3.05, 3.63) is 47.5 Å². The molecule has 8 heteroatoms. The molecular weight excluding hydrogens is 351 g/mol. The molecule has 6 N–H and O–H groups in total. The van der Waals surface area contributed by atoms with Crippen LogP contribution in [-0.4, -0.2) is 12.7 Å². The Hall–Kier alpha value is -2.02. The summed E-state index contributed by atoms with van der Waals surface area (Å²) in [6.45, 7) is 4.86. The minimum absolute atomic E-state index is 0. The number of carbonyl (C=O) groups is 1. The molecular formula is C16H22Cl2N4O2. The number of amides is 1. The molecule has 0 atom stereocenters. The number of carbonyl (C=O) groups excluding carboxylic acids is 1. The molecule has 2 rings (SSSR count). The number of nitrogens with one attached hydrogen (secondary N) is 2. The predicted molar refractivity (Wildman–Crippen MR) is 84.5 cm³/mol. The second-order valence-corrected chi connectivity index (χ2v) is 4.98. The lowest BCUT2D eigenvalue weighted by Gasteiger charge is -2.05. The van der Waals surface area contributed by atoms with Crippen LogP contribution in [0.3, 0.4) is 0 Å². The fourth-order valence-electron chi connectivity index (χ4n) is 2.08. The Morgan fingerprint density at radius 1 is 1.29 bits per heavy atom. The zero-order valence-corrected chi connectivity index (χ0v) is 15.1. The maximum absolute atomic E-state index is 11.4. The zero-order chi connectivity index (χ0) is 15.9. The SMILES string of the molecule is CCOC(=O)[NH2+]c1ccc(NCc2cccc(C)c2)[nH+]c1N.[Cl-].[Cl-]. The maximum atomic E-state index is 11.4. The highest BCUT2D eigenvalue weighted by molar-refractivity contribution is 5.62. The summed E-state index contributed by atoms with van der Waals surface area (Å²) < 4.78 is 4.87. The molecule has 0 fully saturated rings. The van der Waals surface area contributed by atoms with E-state index in [-0.39, 0.29) is 24.8 Å². The van der Waals surface area contributed by atoms with Gasteiger partial charge in [-0.15, -0.1) is 0 Å². The van der Waals surface area contributed by atoms with E-state index in [9.17, 15) is 4.79 Å². The third-order valence-electron chi connectivity index (χ3n) is 3.14. The van der Waals surface area contributed by atoms with Crippen LogP contribution in [0.15, 0.2) is 36.4 Å². The summed E-state index contributed by atoms with van der Waals surface area (Å²) >= 11 is 0. The molecule has 0 aliphatic heterocycles. The first-order valence-corrected chi connectivity index (χ1v) is 7.21. The topological polar surface area (TPSA) is 95.1 Å². The maximum Gasteiger partial charge on any atom is 0.518 e. The van der Waals surface area contributed by atoms with Gasteiger partial charge < -0.3 is 40.6 Å². The van der Waals surface area contributed by atoms with Crippen molar-refractivity contribution >= 4 is 23.4 Å². The Morgan fingerprint density at radius 3 is 2.67 bits per heavy atom. The van der Waals surface area contributed by atoms with Crippen LogP contribution in [0.5, 0.6) is 0 Å². The lowest BCUT2D eigenvalue weighted by Crippen LogP contribution is -3.00. The van der Waals surface area contributed by atoms with Gasteiger partial charge in [-0.3, -0.25) is 0 Å². The van der Waals surface area contributed by atoms with Gasteiger partial charge in [0.1, 0.15) is 0 Å². The molecule has 2 aromatic rings. The van der Waals surface area contributed by atoms with Crippen LogP contribution in [0.1, 0.15) is 18.1 Å². The summed E-state index contributed by atoms with van der Waals surface area (Å²) in [5.41, 5.74) is 8.95. The van der Waals surface area contributed by atoms with Crippen LogP contribution in [-0.2, 0) is 11.3 Å². The van der Waals surface area contributed by atoms with Crippen molar-refractivity contribution in [1.29, 1.82) is 0 Å². The number of ether oxygens (including phenoxy) is 1. The minimum Gasteiger partial charge on any atom is -1.00 e. The molecule has 0 unspecified atom stereocenters. The molecule has 0 saturated carbocycles. The van der Waals surface area contributed by atoms with Gasteiger partial charge in [-0.25, -0.2) is 10.3 Å². The van der Waals surface area contributed by atoms with Crippen LogP contribution >= 0.6 is 0 Å². The normalized spacial score (nSPS) is 9.42. The number of aromatic nitrogens is 1. The first-order valence-electron chi connectivity index (χ1n) is 7.21. The Balaban J connectivity index is 0.00000264. The Morgan fingerprint density at radius 2 is 2.04 bits per heavy atom. The van der Waals surface area contributed by atoms with Crippen LogP contribution in [0, 0.1) is 6.92 Å². The van der Waals surface area contributed by atoms with E-state index in [1.165, 1.54) is 16.4 Å². The Kier molecular flexibility index (Phi) is 9.80. The molecule has 6 nitrogen and oxygen atoms in total. The van der Waals surface area contributed by atoms with E-state index in [2.05, 4.69) is 35.4 Å². The highest BCUT2D eigenvalue weighted by Gasteiger charge is 2.15. The van der Waals surface area contributed by atoms with Crippen molar-refractivity contribution in [3.63, 3.8) is 0 Å². The number of pyridine rings is 1. The number of nitrogen functional groups attached to an aromatic ring is 1. The van der Waals surface area contributed by atoms with E-state index in [0.717, 1.165) is 5.82 Å². The highest BCUT2D eigenvalue weighted by atomic mass is 35.5. The van der Waals surface area contributed by atoms with Gasteiger partial charge >= 0.3 is 6.09 Å². The molecule has 24 heavy (non-hydrogen) atoms. The van der Waals surface area contributed by atoms with Gasteiger partial charge in [0.2, 0.25) is 11.5 Å². The third-order valence-corrected chi connectivity index (χ3v) is 3.14. The number of benzene rings is 1. The molecule has 1 aromatic heterocycles. The van der Waals surface area contributed by atoms with Gasteiger partial charge in [-0.2, -0.15) is 4.79 Å². The third kappa shape index (κ3) is 6.62. The van der Waals surface area contributed by atoms with E-state index in [1.807, 2.05) is 12.1 Å². The highest BCUT2D eigenvalue weighted by Crippen LogP contribution is 2.11. The Labute approximate surface area is 154 Å². The van der Waals surface area contributed by atoms with Crippen LogP contribution in [0.25, 0.3) is 0 Å². The van der Waals surface area contributed by atoms with Crippen molar-refractivity contribution in [2.75, 3.05) is 17.7 Å². The van der Waals surface area contributed by atoms with Crippen molar-refractivity contribution in [1.82, 2.24) is 0 Å². The number of nitrogens with two attached hydrogens (primary N) is 2. The summed E-state index contributed by atoms with van der Waals surface area (Å²) in [7, 11) is 0. The summed E-state index contributed by atoms with van der Waals surface area (Å²) in [6, 6.07) is 11.9. The van der Waals surface area contributed by atoms with Gasteiger partial charge in [0.25, 0.3) is 5.82 Å². The average molecular weight is 373 g/mol. The molecule has 0 saturated heterocycles. The van der Waals surface area contributed by atoms with Crippen molar-refractivity contribution in [3.8, 4) is 0 Å². The quantitative estimate of drug-likeness (QED) is 0.492. The van der Waals surface area contributed by atoms with Gasteiger partial charge in [0.15, 0.2) is 0 Å². The number of halogens is 2. The smallest absolute Gasteiger partial charge is 0.518 e. The number of aryl methyl sites for hydroxylation is 1. The molecule has 1 aromatic carbocycles. The minimum atomic E-state index is -0.400. The average Bonchev–Trinajstić information content (AvgIpc) is 2.48. The molecule has 1 amide bonds. The van der Waals surface area contributed by atoms with Crippen molar-refractivity contribution < 1.29 is 44.6 Å². The monoisotopic (exact) mass is 372 g/mol. The van der Waals surface area contributed by atoms with Gasteiger partial charge in [-0.1, -0.05) is 29.8 Å². The molecule has 132 valence electrons. The van der Waals surface area contributed by atoms with Crippen molar-refractivity contribution in [2.24, 2.45) is 0 Å². The number of primary amides is 1. The summed E-state index contributed by atoms with van der Waals surface area (Å²) in [4.78, 5) is 14.5. The Bertz CT molecular complexity index is 668. The molecule has 0 bridgehead atoms. The fourth-order valence-corrected chi connectivity index (χ4v) is 2.08. The number of hydrogen-bond donors (Lipinski definition) is 3. The lowest BCUT2D eigenvalue weighted by atomic mass is 10.1. The summed E-state index contributed by atoms with van der Waals surface area (Å²) in [6.07, 6.45) is -0.400. The van der Waals surface area contributed by atoms with Gasteiger partial charge in [0.05, 0.1) is 13.2 Å². The number of hydrogen-bond acceptors (Lipinski definition) is 4. The van der Waals surface area contributed by atoms with E-state index in [1.54, 1.807) is 13.0 Å². The fraction of sp³-hybridized carbons (Fsp3) is 0.250. The molecule has 0 aliphatic rings. The van der Waals surface area contributed by atoms with Crippen molar-refractivity contribution in [2.45, 2.75) is 20.4 Å². The van der Waals surface area contributed by atoms with Crippen LogP contribution in [0.2, 0.25) is 0 Å². The number of rotatable bonds is 5. The first-order chi connectivity index (χ1) is 10.6. The second-order valence-electron chi connectivity index (χ2n) is 4.98. The zero-order valence-electron chi connectivity index (χ0n) is 13.6. The van der Waals surface area contributed by atoms with Gasteiger partial charge in [-0.05, 0) is 19.4 Å². The number of H-pyrrole nitrogens is 1. The van der Waals surface area contributed by atoms with E-state index in [0.29, 0.717) is 24.7 Å². The first kappa shape index (κ1) is 22.0. The largest absolute Gasteiger partial charge is 1.00 e. The molecule has 0 aliphatic carbocycles. The second kappa shape index (κ2) is 10.7. The van der Waals surface area contributed by atoms with E-state index >= 15 is 0 Å². The number of anilines is 2. The summed E-state index contributed by atoms with van der Waals surface area (Å²) in [5.74, 6) is 1.21. The lowest BCUT2D eigenvalue weighted by molar-refractivity contribution is -0.489. The number of quaternary nitrogens is 1. The van der Waals surface area contributed by atoms with E-state index in [4.69, 9.17) is 10.5 Å². The molecule has 0 radical (unpaired) electrons. The number of aromatic amines is 1. The van der Waals surface area contributed by atoms with Crippen LogP contribution in [0.4, 0.5) is 22.1 Å².